The molecule has 1 N–H and O–H groups in total. The summed E-state index contributed by atoms with van der Waals surface area (Å²) >= 11 is 6.03. The van der Waals surface area contributed by atoms with Crippen molar-refractivity contribution in [1.29, 1.82) is 0 Å². The highest BCUT2D eigenvalue weighted by Gasteiger charge is 2.31. The van der Waals surface area contributed by atoms with Crippen molar-refractivity contribution in [3.63, 3.8) is 0 Å². The Kier molecular flexibility index (Phi) is 3.52. The Morgan fingerprint density at radius 3 is 2.80 bits per heavy atom. The minimum Gasteiger partial charge on any atom is -0.364 e. The van der Waals surface area contributed by atoms with Crippen LogP contribution in [0, 0.1) is 0 Å². The maximum atomic E-state index is 12.2. The Bertz CT molecular complexity index is 614. The summed E-state index contributed by atoms with van der Waals surface area (Å²) in [5.41, 5.74) is 0.551. The molecule has 1 saturated heterocycles. The maximum absolute atomic E-state index is 12.2. The standard InChI is InChI=1S/C14H13ClN4O/c15-12-4-2-1-3-11(12)14(20)19-7-10(8-19)18-13-5-6-16-9-17-13/h1-6,9-10H,7-8H2,(H,16,17,18). The fraction of sp³-hybridized carbons (Fsp3) is 0.214. The second-order valence-electron chi connectivity index (χ2n) is 4.63. The van der Waals surface area contributed by atoms with Gasteiger partial charge in [-0.3, -0.25) is 4.79 Å². The predicted octanol–water partition coefficient (Wildman–Crippen LogP) is 2.07. The largest absolute Gasteiger partial charge is 0.364 e. The molecule has 1 amide bonds. The van der Waals surface area contributed by atoms with E-state index in [4.69, 9.17) is 11.6 Å². The van der Waals surface area contributed by atoms with E-state index in [9.17, 15) is 4.79 Å². The Morgan fingerprint density at radius 2 is 2.10 bits per heavy atom. The number of carbonyl (C=O) groups excluding carboxylic acids is 1. The average molecular weight is 289 g/mol. The summed E-state index contributed by atoms with van der Waals surface area (Å²) < 4.78 is 0. The second-order valence-corrected chi connectivity index (χ2v) is 5.03. The average Bonchev–Trinajstić information content (AvgIpc) is 2.43. The number of nitrogens with zero attached hydrogens (tertiary/aromatic N) is 3. The molecule has 2 heterocycles. The Labute approximate surface area is 121 Å². The van der Waals surface area contributed by atoms with Crippen LogP contribution in [0.1, 0.15) is 10.4 Å². The molecule has 5 nitrogen and oxygen atoms in total. The highest BCUT2D eigenvalue weighted by atomic mass is 35.5. The summed E-state index contributed by atoms with van der Waals surface area (Å²) in [5, 5.41) is 3.74. The third kappa shape index (κ3) is 2.58. The van der Waals surface area contributed by atoms with Crippen molar-refractivity contribution >= 4 is 23.3 Å². The first kappa shape index (κ1) is 12.9. The van der Waals surface area contributed by atoms with Crippen LogP contribution < -0.4 is 5.32 Å². The van der Waals surface area contributed by atoms with Crippen molar-refractivity contribution in [3.8, 4) is 0 Å². The normalized spacial score (nSPS) is 14.8. The lowest BCUT2D eigenvalue weighted by Gasteiger charge is -2.39. The Balaban J connectivity index is 1.58. The first-order valence-corrected chi connectivity index (χ1v) is 6.68. The molecular formula is C14H13ClN4O. The summed E-state index contributed by atoms with van der Waals surface area (Å²) in [6.45, 7) is 1.29. The van der Waals surface area contributed by atoms with Gasteiger partial charge in [0.15, 0.2) is 0 Å². The van der Waals surface area contributed by atoms with E-state index < -0.39 is 0 Å². The van der Waals surface area contributed by atoms with Crippen molar-refractivity contribution in [2.75, 3.05) is 18.4 Å². The molecule has 6 heteroatoms. The number of likely N-dealkylation sites (tertiary alicyclic amines) is 1. The molecule has 20 heavy (non-hydrogen) atoms. The number of hydrogen-bond acceptors (Lipinski definition) is 4. The number of rotatable bonds is 3. The van der Waals surface area contributed by atoms with Crippen LogP contribution >= 0.6 is 11.6 Å². The van der Waals surface area contributed by atoms with Gasteiger partial charge in [0.1, 0.15) is 12.1 Å². The molecule has 1 aliphatic rings. The molecule has 0 bridgehead atoms. The number of amides is 1. The number of halogens is 1. The fourth-order valence-corrected chi connectivity index (χ4v) is 2.34. The fourth-order valence-electron chi connectivity index (χ4n) is 2.13. The molecule has 1 aromatic carbocycles. The first-order chi connectivity index (χ1) is 9.74. The molecule has 1 aliphatic heterocycles. The van der Waals surface area contributed by atoms with Gasteiger partial charge in [0, 0.05) is 19.3 Å². The van der Waals surface area contributed by atoms with Gasteiger partial charge >= 0.3 is 0 Å². The lowest BCUT2D eigenvalue weighted by atomic mass is 10.1. The summed E-state index contributed by atoms with van der Waals surface area (Å²) in [6.07, 6.45) is 3.17. The van der Waals surface area contributed by atoms with Crippen LogP contribution in [0.2, 0.25) is 5.02 Å². The van der Waals surface area contributed by atoms with Gasteiger partial charge in [-0.1, -0.05) is 23.7 Å². The molecule has 1 fully saturated rings. The highest BCUT2D eigenvalue weighted by molar-refractivity contribution is 6.33. The van der Waals surface area contributed by atoms with Crippen LogP contribution in [0.15, 0.2) is 42.9 Å². The molecular weight excluding hydrogens is 276 g/mol. The van der Waals surface area contributed by atoms with Crippen LogP contribution in [-0.2, 0) is 0 Å². The number of benzene rings is 1. The van der Waals surface area contributed by atoms with E-state index in [-0.39, 0.29) is 11.9 Å². The van der Waals surface area contributed by atoms with Crippen molar-refractivity contribution in [2.45, 2.75) is 6.04 Å². The third-order valence-corrected chi connectivity index (χ3v) is 3.54. The van der Waals surface area contributed by atoms with Crippen molar-refractivity contribution in [2.24, 2.45) is 0 Å². The SMILES string of the molecule is O=C(c1ccccc1Cl)N1CC(Nc2ccncn2)C1. The molecule has 0 radical (unpaired) electrons. The summed E-state index contributed by atoms with van der Waals surface area (Å²) in [7, 11) is 0. The van der Waals surface area contributed by atoms with E-state index in [0.29, 0.717) is 23.7 Å². The third-order valence-electron chi connectivity index (χ3n) is 3.21. The van der Waals surface area contributed by atoms with E-state index in [0.717, 1.165) is 5.82 Å². The zero-order valence-electron chi connectivity index (χ0n) is 10.7. The molecule has 2 aromatic rings. The lowest BCUT2D eigenvalue weighted by Crippen LogP contribution is -2.57. The number of hydrogen-bond donors (Lipinski definition) is 1. The lowest BCUT2D eigenvalue weighted by molar-refractivity contribution is 0.0625. The second kappa shape index (κ2) is 5.46. The molecule has 1 aromatic heterocycles. The van der Waals surface area contributed by atoms with Crippen molar-refractivity contribution < 1.29 is 4.79 Å². The number of anilines is 1. The van der Waals surface area contributed by atoms with E-state index in [1.807, 2.05) is 12.1 Å². The summed E-state index contributed by atoms with van der Waals surface area (Å²) in [6, 6.07) is 9.13. The van der Waals surface area contributed by atoms with Gasteiger partial charge in [-0.25, -0.2) is 9.97 Å². The van der Waals surface area contributed by atoms with Crippen LogP contribution in [0.25, 0.3) is 0 Å². The van der Waals surface area contributed by atoms with Gasteiger partial charge in [-0.15, -0.1) is 0 Å². The highest BCUT2D eigenvalue weighted by Crippen LogP contribution is 2.21. The molecule has 102 valence electrons. The predicted molar refractivity (Wildman–Crippen MR) is 76.8 cm³/mol. The maximum Gasteiger partial charge on any atom is 0.255 e. The van der Waals surface area contributed by atoms with Gasteiger partial charge in [-0.05, 0) is 18.2 Å². The molecule has 0 spiro atoms. The van der Waals surface area contributed by atoms with Crippen LogP contribution in [0.5, 0.6) is 0 Å². The van der Waals surface area contributed by atoms with Gasteiger partial charge in [0.05, 0.1) is 16.6 Å². The number of nitrogens with one attached hydrogen (secondary N) is 1. The Morgan fingerprint density at radius 1 is 1.30 bits per heavy atom. The van der Waals surface area contributed by atoms with E-state index in [2.05, 4.69) is 15.3 Å². The van der Waals surface area contributed by atoms with Crippen molar-refractivity contribution in [3.05, 3.63) is 53.4 Å². The van der Waals surface area contributed by atoms with E-state index >= 15 is 0 Å². The topological polar surface area (TPSA) is 58.1 Å². The summed E-state index contributed by atoms with van der Waals surface area (Å²) in [4.78, 5) is 22.0. The molecule has 0 atom stereocenters. The quantitative estimate of drug-likeness (QED) is 0.939. The molecule has 0 saturated carbocycles. The minimum absolute atomic E-state index is 0.0312. The zero-order valence-corrected chi connectivity index (χ0v) is 11.4. The molecule has 3 rings (SSSR count). The smallest absolute Gasteiger partial charge is 0.255 e. The van der Waals surface area contributed by atoms with Gasteiger partial charge < -0.3 is 10.2 Å². The van der Waals surface area contributed by atoms with Crippen LogP contribution in [-0.4, -0.2) is 39.9 Å². The number of aromatic nitrogens is 2. The van der Waals surface area contributed by atoms with Crippen LogP contribution in [0.3, 0.4) is 0 Å². The Hall–Kier alpha value is -2.14. The zero-order chi connectivity index (χ0) is 13.9. The van der Waals surface area contributed by atoms with Gasteiger partial charge in [-0.2, -0.15) is 0 Å². The minimum atomic E-state index is -0.0312. The first-order valence-electron chi connectivity index (χ1n) is 6.30. The van der Waals surface area contributed by atoms with E-state index in [1.165, 1.54) is 6.33 Å². The van der Waals surface area contributed by atoms with Gasteiger partial charge in [0.25, 0.3) is 5.91 Å². The molecule has 0 unspecified atom stereocenters. The molecule has 0 aliphatic carbocycles. The van der Waals surface area contributed by atoms with E-state index in [1.54, 1.807) is 29.3 Å². The van der Waals surface area contributed by atoms with Crippen molar-refractivity contribution in [1.82, 2.24) is 14.9 Å². The number of carbonyl (C=O) groups is 1. The van der Waals surface area contributed by atoms with Crippen LogP contribution in [0.4, 0.5) is 5.82 Å². The monoisotopic (exact) mass is 288 g/mol. The van der Waals surface area contributed by atoms with Gasteiger partial charge in [0.2, 0.25) is 0 Å². The summed E-state index contributed by atoms with van der Waals surface area (Å²) in [5.74, 6) is 0.742.